The fourth-order valence-corrected chi connectivity index (χ4v) is 3.14. The maximum absolute atomic E-state index is 12.4. The third kappa shape index (κ3) is 7.78. The van der Waals surface area contributed by atoms with Crippen LogP contribution < -0.4 is 22.6 Å². The Bertz CT molecular complexity index is 1060. The number of ether oxygens (including phenoxy) is 1. The minimum absolute atomic E-state index is 0.0720. The highest BCUT2D eigenvalue weighted by molar-refractivity contribution is 5.87. The molecule has 11 heteroatoms. The third-order valence-electron chi connectivity index (χ3n) is 5.06. The van der Waals surface area contributed by atoms with Gasteiger partial charge >= 0.3 is 6.18 Å². The fraction of sp³-hybridized carbons (Fsp3) is 0.304. The lowest BCUT2D eigenvalue weighted by atomic mass is 10.1. The maximum Gasteiger partial charge on any atom is 0.416 e. The lowest BCUT2D eigenvalue weighted by Crippen LogP contribution is -2.28. The van der Waals surface area contributed by atoms with E-state index in [1.807, 2.05) is 0 Å². The van der Waals surface area contributed by atoms with Gasteiger partial charge in [0.2, 0.25) is 11.5 Å². The van der Waals surface area contributed by atoms with Gasteiger partial charge in [-0.05, 0) is 36.3 Å². The van der Waals surface area contributed by atoms with Crippen molar-refractivity contribution in [2.75, 3.05) is 13.1 Å². The molecule has 0 radical (unpaired) electrons. The Morgan fingerprint density at radius 3 is 2.50 bits per heavy atom. The zero-order valence-electron chi connectivity index (χ0n) is 18.7. The number of aryl methyl sites for hydroxylation is 1. The summed E-state index contributed by atoms with van der Waals surface area (Å²) in [6, 6.07) is 7.99. The number of pyridine rings is 1. The number of alkyl halides is 3. The van der Waals surface area contributed by atoms with Gasteiger partial charge in [0.25, 0.3) is 0 Å². The lowest BCUT2D eigenvalue weighted by molar-refractivity contribution is -0.137. The van der Waals surface area contributed by atoms with Gasteiger partial charge in [-0.25, -0.2) is 0 Å². The minimum Gasteiger partial charge on any atom is -0.397 e. The van der Waals surface area contributed by atoms with Crippen LogP contribution in [0.2, 0.25) is 0 Å². The molecule has 1 fully saturated rings. The van der Waals surface area contributed by atoms with Crippen molar-refractivity contribution in [2.24, 2.45) is 18.6 Å². The SMILES string of the molecule is C=CC(=O)N1CCC(OCc2ccc(C(F)(F)F)cc2)C1.Cn1cc(/C(N)=C/NN)ccc1=O. The molecular formula is C23H28F3N5O3. The first-order chi connectivity index (χ1) is 16.0. The van der Waals surface area contributed by atoms with Crippen LogP contribution in [0, 0.1) is 0 Å². The molecule has 1 saturated heterocycles. The van der Waals surface area contributed by atoms with Gasteiger partial charge in [-0.3, -0.25) is 15.4 Å². The van der Waals surface area contributed by atoms with Crippen LogP contribution in [0.5, 0.6) is 0 Å². The Morgan fingerprint density at radius 1 is 1.26 bits per heavy atom. The first-order valence-electron chi connectivity index (χ1n) is 10.3. The van der Waals surface area contributed by atoms with Crippen molar-refractivity contribution < 1.29 is 22.7 Å². The van der Waals surface area contributed by atoms with Crippen molar-refractivity contribution in [1.29, 1.82) is 0 Å². The highest BCUT2D eigenvalue weighted by Crippen LogP contribution is 2.29. The highest BCUT2D eigenvalue weighted by Gasteiger charge is 2.30. The summed E-state index contributed by atoms with van der Waals surface area (Å²) in [4.78, 5) is 24.1. The van der Waals surface area contributed by atoms with Crippen LogP contribution in [-0.4, -0.2) is 34.6 Å². The van der Waals surface area contributed by atoms with Crippen molar-refractivity contribution in [3.8, 4) is 0 Å². The summed E-state index contributed by atoms with van der Waals surface area (Å²) in [6.45, 7) is 4.77. The molecule has 2 aromatic rings. The molecule has 1 amide bonds. The summed E-state index contributed by atoms with van der Waals surface area (Å²) in [7, 11) is 1.66. The number of benzene rings is 1. The van der Waals surface area contributed by atoms with Crippen LogP contribution in [0.15, 0.2) is 66.2 Å². The van der Waals surface area contributed by atoms with Crippen LogP contribution in [0.3, 0.4) is 0 Å². The number of aromatic nitrogens is 1. The summed E-state index contributed by atoms with van der Waals surface area (Å²) in [5.41, 5.74) is 9.12. The minimum atomic E-state index is -4.32. The number of nitrogens with one attached hydrogen (secondary N) is 1. The molecule has 0 aliphatic carbocycles. The van der Waals surface area contributed by atoms with Crippen molar-refractivity contribution in [1.82, 2.24) is 14.9 Å². The summed E-state index contributed by atoms with van der Waals surface area (Å²) in [5, 5.41) is 0. The smallest absolute Gasteiger partial charge is 0.397 e. The number of likely N-dealkylation sites (tertiary alicyclic amines) is 1. The molecule has 1 aliphatic heterocycles. The number of amides is 1. The van der Waals surface area contributed by atoms with E-state index in [-0.39, 0.29) is 24.2 Å². The number of hydrogen-bond acceptors (Lipinski definition) is 6. The zero-order chi connectivity index (χ0) is 25.3. The third-order valence-corrected chi connectivity index (χ3v) is 5.06. The van der Waals surface area contributed by atoms with Gasteiger partial charge in [0, 0.05) is 44.2 Å². The van der Waals surface area contributed by atoms with Gasteiger partial charge in [0.05, 0.1) is 24.0 Å². The van der Waals surface area contributed by atoms with E-state index in [1.165, 1.54) is 35.0 Å². The van der Waals surface area contributed by atoms with Crippen LogP contribution in [-0.2, 0) is 29.4 Å². The average Bonchev–Trinajstić information content (AvgIpc) is 3.28. The second kappa shape index (κ2) is 12.1. The predicted molar refractivity (Wildman–Crippen MR) is 123 cm³/mol. The molecule has 34 heavy (non-hydrogen) atoms. The highest BCUT2D eigenvalue weighted by atomic mass is 19.4. The molecule has 3 rings (SSSR count). The van der Waals surface area contributed by atoms with Crippen LogP contribution >= 0.6 is 0 Å². The van der Waals surface area contributed by atoms with Gasteiger partial charge < -0.3 is 25.4 Å². The number of nitrogens with two attached hydrogens (primary N) is 2. The molecule has 184 valence electrons. The standard InChI is InChI=1S/C15H16F3NO2.C8H12N4O/c1-2-14(20)19-8-7-13(9-19)21-10-11-3-5-12(6-4-11)15(16,17)18;1-12-5-6(2-3-8(12)13)7(9)4-11-10/h2-6,13H,1,7-10H2;2-5,11H,9-10H2,1H3/b;7-4-. The number of rotatable bonds is 6. The molecule has 8 nitrogen and oxygen atoms in total. The molecule has 1 aliphatic rings. The van der Waals surface area contributed by atoms with E-state index in [0.717, 1.165) is 24.1 Å². The van der Waals surface area contributed by atoms with Crippen molar-refractivity contribution >= 4 is 11.6 Å². The van der Waals surface area contributed by atoms with E-state index in [0.29, 0.717) is 24.4 Å². The van der Waals surface area contributed by atoms with E-state index in [1.54, 1.807) is 24.2 Å². The lowest BCUT2D eigenvalue weighted by Gasteiger charge is -2.15. The molecule has 0 bridgehead atoms. The molecule has 1 unspecified atom stereocenters. The summed E-state index contributed by atoms with van der Waals surface area (Å²) in [5.74, 6) is 4.93. The topological polar surface area (TPSA) is 116 Å². The second-order valence-electron chi connectivity index (χ2n) is 7.54. The van der Waals surface area contributed by atoms with Crippen LogP contribution in [0.4, 0.5) is 13.2 Å². The zero-order valence-corrected chi connectivity index (χ0v) is 18.7. The van der Waals surface area contributed by atoms with Crippen LogP contribution in [0.1, 0.15) is 23.1 Å². The quantitative estimate of drug-likeness (QED) is 0.332. The summed E-state index contributed by atoms with van der Waals surface area (Å²) < 4.78 is 44.4. The molecule has 1 aromatic heterocycles. The van der Waals surface area contributed by atoms with E-state index in [4.69, 9.17) is 16.3 Å². The average molecular weight is 480 g/mol. The number of hydrazine groups is 1. The molecule has 1 aromatic carbocycles. The van der Waals surface area contributed by atoms with E-state index in [2.05, 4.69) is 12.0 Å². The van der Waals surface area contributed by atoms with Gasteiger partial charge in [0.15, 0.2) is 0 Å². The summed E-state index contributed by atoms with van der Waals surface area (Å²) >= 11 is 0. The monoisotopic (exact) mass is 479 g/mol. The maximum atomic E-state index is 12.4. The molecule has 2 heterocycles. The Labute approximate surface area is 195 Å². The van der Waals surface area contributed by atoms with Crippen molar-refractivity contribution in [3.63, 3.8) is 0 Å². The van der Waals surface area contributed by atoms with Gasteiger partial charge in [-0.1, -0.05) is 18.7 Å². The fourth-order valence-electron chi connectivity index (χ4n) is 3.14. The van der Waals surface area contributed by atoms with E-state index < -0.39 is 11.7 Å². The Balaban J connectivity index is 0.000000270. The normalized spacial score (nSPS) is 16.0. The first-order valence-corrected chi connectivity index (χ1v) is 10.3. The second-order valence-corrected chi connectivity index (χ2v) is 7.54. The number of carbonyl (C=O) groups is 1. The number of nitrogens with zero attached hydrogens (tertiary/aromatic N) is 2. The van der Waals surface area contributed by atoms with Gasteiger partial charge in [-0.2, -0.15) is 13.2 Å². The van der Waals surface area contributed by atoms with Gasteiger partial charge in [-0.15, -0.1) is 0 Å². The van der Waals surface area contributed by atoms with Crippen molar-refractivity contribution in [3.05, 3.63) is 88.5 Å². The molecule has 0 spiro atoms. The number of hydrogen-bond donors (Lipinski definition) is 3. The summed E-state index contributed by atoms with van der Waals surface area (Å²) in [6.07, 6.45) is 0.677. The molecule has 1 atom stereocenters. The Kier molecular flexibility index (Phi) is 9.46. The van der Waals surface area contributed by atoms with Crippen molar-refractivity contribution in [2.45, 2.75) is 25.3 Å². The predicted octanol–water partition coefficient (Wildman–Crippen LogP) is 2.11. The number of halogens is 3. The van der Waals surface area contributed by atoms with Crippen LogP contribution in [0.25, 0.3) is 5.70 Å². The Hall–Kier alpha value is -3.57. The largest absolute Gasteiger partial charge is 0.416 e. The van der Waals surface area contributed by atoms with E-state index in [9.17, 15) is 22.8 Å². The Morgan fingerprint density at radius 2 is 1.94 bits per heavy atom. The first kappa shape index (κ1) is 26.7. The molecule has 5 N–H and O–H groups in total. The van der Waals surface area contributed by atoms with E-state index >= 15 is 0 Å². The van der Waals surface area contributed by atoms with Gasteiger partial charge in [0.1, 0.15) is 0 Å². The molecule has 0 saturated carbocycles. The molecular weight excluding hydrogens is 451 g/mol. The number of carbonyl (C=O) groups excluding carboxylic acids is 1.